The molecule has 0 saturated carbocycles. The zero-order valence-corrected chi connectivity index (χ0v) is 9.63. The van der Waals surface area contributed by atoms with Crippen LogP contribution in [-0.4, -0.2) is 23.5 Å². The monoisotopic (exact) mass is 283 g/mol. The van der Waals surface area contributed by atoms with Crippen LogP contribution in [0.5, 0.6) is 5.75 Å². The van der Waals surface area contributed by atoms with Gasteiger partial charge in [0.1, 0.15) is 11.8 Å². The van der Waals surface area contributed by atoms with E-state index in [4.69, 9.17) is 22.4 Å². The van der Waals surface area contributed by atoms with Gasteiger partial charge in [0.2, 0.25) is 0 Å². The van der Waals surface area contributed by atoms with Crippen LogP contribution in [0.1, 0.15) is 5.56 Å². The quantitative estimate of drug-likeness (QED) is 0.888. The minimum absolute atomic E-state index is 0.0200. The van der Waals surface area contributed by atoms with Gasteiger partial charge in [-0.1, -0.05) is 17.7 Å². The summed E-state index contributed by atoms with van der Waals surface area (Å²) in [7, 11) is 0. The molecule has 0 spiro atoms. The molecular weight excluding hydrogens is 275 g/mol. The van der Waals surface area contributed by atoms with Gasteiger partial charge in [-0.05, 0) is 17.7 Å². The van der Waals surface area contributed by atoms with Crippen molar-refractivity contribution in [3.63, 3.8) is 0 Å². The smallest absolute Gasteiger partial charge is 0.480 e. The molecule has 100 valence electrons. The Labute approximate surface area is 105 Å². The third kappa shape index (κ3) is 4.42. The molecule has 0 aliphatic carbocycles. The number of hydrogen-bond acceptors (Lipinski definition) is 3. The number of carboxylic acid groups (broad SMARTS) is 1. The number of carboxylic acids is 1. The molecule has 0 aromatic heterocycles. The highest BCUT2D eigenvalue weighted by Crippen LogP contribution is 2.29. The Hall–Kier alpha value is -1.47. The first-order valence-corrected chi connectivity index (χ1v) is 5.09. The number of aliphatic carboxylic acids is 1. The fourth-order valence-electron chi connectivity index (χ4n) is 1.24. The summed E-state index contributed by atoms with van der Waals surface area (Å²) >= 11 is 5.55. The van der Waals surface area contributed by atoms with E-state index >= 15 is 0 Å². The number of alkyl halides is 3. The maximum absolute atomic E-state index is 12.1. The molecule has 0 heterocycles. The normalized spacial score (nSPS) is 13.2. The Morgan fingerprint density at radius 3 is 2.61 bits per heavy atom. The van der Waals surface area contributed by atoms with Crippen LogP contribution < -0.4 is 10.5 Å². The molecule has 1 rings (SSSR count). The van der Waals surface area contributed by atoms with E-state index in [1.54, 1.807) is 0 Å². The number of halogens is 4. The number of nitrogens with two attached hydrogens (primary N) is 1. The van der Waals surface area contributed by atoms with Gasteiger partial charge < -0.3 is 15.6 Å². The molecule has 18 heavy (non-hydrogen) atoms. The van der Waals surface area contributed by atoms with Crippen LogP contribution in [0.3, 0.4) is 0 Å². The number of rotatable bonds is 4. The molecule has 0 radical (unpaired) electrons. The highest BCUT2D eigenvalue weighted by molar-refractivity contribution is 6.30. The van der Waals surface area contributed by atoms with E-state index in [9.17, 15) is 18.0 Å². The first-order chi connectivity index (χ1) is 8.19. The fourth-order valence-corrected chi connectivity index (χ4v) is 1.40. The van der Waals surface area contributed by atoms with Crippen molar-refractivity contribution in [1.82, 2.24) is 0 Å². The van der Waals surface area contributed by atoms with Crippen molar-refractivity contribution in [1.29, 1.82) is 0 Å². The lowest BCUT2D eigenvalue weighted by Crippen LogP contribution is -2.32. The van der Waals surface area contributed by atoms with Crippen LogP contribution in [0.15, 0.2) is 18.2 Å². The largest absolute Gasteiger partial charge is 0.573 e. The maximum Gasteiger partial charge on any atom is 0.573 e. The molecule has 0 fully saturated rings. The van der Waals surface area contributed by atoms with Gasteiger partial charge in [0, 0.05) is 11.4 Å². The average Bonchev–Trinajstić information content (AvgIpc) is 2.19. The second-order valence-corrected chi connectivity index (χ2v) is 3.89. The summed E-state index contributed by atoms with van der Waals surface area (Å²) < 4.78 is 40.2. The molecule has 4 nitrogen and oxygen atoms in total. The van der Waals surface area contributed by atoms with Crippen LogP contribution >= 0.6 is 11.6 Å². The Morgan fingerprint density at radius 1 is 1.50 bits per heavy atom. The predicted octanol–water partition coefficient (Wildman–Crippen LogP) is 2.19. The summed E-state index contributed by atoms with van der Waals surface area (Å²) in [5, 5.41) is 8.65. The van der Waals surface area contributed by atoms with E-state index in [1.165, 1.54) is 12.1 Å². The van der Waals surface area contributed by atoms with E-state index in [0.29, 0.717) is 0 Å². The Balaban J connectivity index is 3.00. The van der Waals surface area contributed by atoms with E-state index < -0.39 is 24.1 Å². The molecule has 1 aromatic rings. The molecule has 8 heteroatoms. The molecule has 0 unspecified atom stereocenters. The van der Waals surface area contributed by atoms with Crippen molar-refractivity contribution in [3.8, 4) is 5.75 Å². The lowest BCUT2D eigenvalue weighted by Gasteiger charge is -2.14. The second-order valence-electron chi connectivity index (χ2n) is 3.45. The summed E-state index contributed by atoms with van der Waals surface area (Å²) in [5.74, 6) is -1.87. The molecular formula is C10H9ClF3NO3. The predicted molar refractivity (Wildman–Crippen MR) is 57.5 cm³/mol. The van der Waals surface area contributed by atoms with Gasteiger partial charge in [-0.2, -0.15) is 0 Å². The summed E-state index contributed by atoms with van der Waals surface area (Å²) in [4.78, 5) is 10.6. The summed E-state index contributed by atoms with van der Waals surface area (Å²) in [6.07, 6.45) is -5.18. The van der Waals surface area contributed by atoms with Crippen molar-refractivity contribution in [2.45, 2.75) is 18.8 Å². The van der Waals surface area contributed by atoms with Gasteiger partial charge in [-0.3, -0.25) is 4.79 Å². The number of hydrogen-bond donors (Lipinski definition) is 2. The minimum atomic E-state index is -4.88. The Kier molecular flexibility index (Phi) is 4.42. The molecule has 0 saturated heterocycles. The van der Waals surface area contributed by atoms with Crippen LogP contribution in [0.25, 0.3) is 0 Å². The minimum Gasteiger partial charge on any atom is -0.480 e. The highest BCUT2D eigenvalue weighted by Gasteiger charge is 2.32. The zero-order valence-electron chi connectivity index (χ0n) is 8.87. The molecule has 0 bridgehead atoms. The number of carbonyl (C=O) groups is 1. The third-order valence-electron chi connectivity index (χ3n) is 2.01. The average molecular weight is 284 g/mol. The van der Waals surface area contributed by atoms with Gasteiger partial charge in [0.25, 0.3) is 0 Å². The lowest BCUT2D eigenvalue weighted by atomic mass is 10.1. The van der Waals surface area contributed by atoms with Gasteiger partial charge in [0.15, 0.2) is 0 Å². The van der Waals surface area contributed by atoms with Gasteiger partial charge in [-0.15, -0.1) is 13.2 Å². The molecule has 0 aliphatic rings. The fraction of sp³-hybridized carbons (Fsp3) is 0.300. The Bertz CT molecular complexity index is 450. The van der Waals surface area contributed by atoms with E-state index in [2.05, 4.69) is 4.74 Å². The SMILES string of the molecule is N[C@@H](Cc1ccc(Cl)cc1OC(F)(F)F)C(=O)O. The zero-order chi connectivity index (χ0) is 13.9. The maximum atomic E-state index is 12.1. The van der Waals surface area contributed by atoms with Crippen molar-refractivity contribution in [3.05, 3.63) is 28.8 Å². The molecule has 0 aliphatic heterocycles. The van der Waals surface area contributed by atoms with Crippen LogP contribution in [0, 0.1) is 0 Å². The van der Waals surface area contributed by atoms with E-state index in [-0.39, 0.29) is 17.0 Å². The van der Waals surface area contributed by atoms with Crippen molar-refractivity contribution >= 4 is 17.6 Å². The van der Waals surface area contributed by atoms with Crippen LogP contribution in [-0.2, 0) is 11.2 Å². The summed E-state index contributed by atoms with van der Waals surface area (Å²) in [5.41, 5.74) is 5.27. The third-order valence-corrected chi connectivity index (χ3v) is 2.25. The van der Waals surface area contributed by atoms with E-state index in [1.807, 2.05) is 0 Å². The summed E-state index contributed by atoms with van der Waals surface area (Å²) in [6.45, 7) is 0. The van der Waals surface area contributed by atoms with Gasteiger partial charge in [0.05, 0.1) is 0 Å². The number of ether oxygens (including phenoxy) is 1. The first-order valence-electron chi connectivity index (χ1n) is 4.71. The van der Waals surface area contributed by atoms with Gasteiger partial charge in [-0.25, -0.2) is 0 Å². The standard InChI is InChI=1S/C10H9ClF3NO3/c11-6-2-1-5(3-7(15)9(16)17)8(4-6)18-10(12,13)14/h1-2,4,7H,3,15H2,(H,16,17)/t7-/m0/s1. The second kappa shape index (κ2) is 5.45. The lowest BCUT2D eigenvalue weighted by molar-refractivity contribution is -0.274. The molecule has 0 amide bonds. The van der Waals surface area contributed by atoms with Crippen molar-refractivity contribution in [2.24, 2.45) is 5.73 Å². The molecule has 3 N–H and O–H groups in total. The first kappa shape index (κ1) is 14.6. The molecule has 1 atom stereocenters. The van der Waals surface area contributed by atoms with Crippen LogP contribution in [0.4, 0.5) is 13.2 Å². The highest BCUT2D eigenvalue weighted by atomic mass is 35.5. The molecule has 1 aromatic carbocycles. The van der Waals surface area contributed by atoms with Crippen LogP contribution in [0.2, 0.25) is 5.02 Å². The van der Waals surface area contributed by atoms with Crippen molar-refractivity contribution < 1.29 is 27.8 Å². The topological polar surface area (TPSA) is 72.5 Å². The number of benzene rings is 1. The van der Waals surface area contributed by atoms with E-state index in [0.717, 1.165) is 6.07 Å². The Morgan fingerprint density at radius 2 is 2.11 bits per heavy atom. The summed E-state index contributed by atoms with van der Waals surface area (Å²) in [6, 6.07) is 2.21. The van der Waals surface area contributed by atoms with Gasteiger partial charge >= 0.3 is 12.3 Å². The van der Waals surface area contributed by atoms with Crippen molar-refractivity contribution in [2.75, 3.05) is 0 Å².